The van der Waals surface area contributed by atoms with E-state index in [2.05, 4.69) is 10.6 Å². The van der Waals surface area contributed by atoms with Gasteiger partial charge >= 0.3 is 0 Å². The minimum Gasteiger partial charge on any atom is -0.326 e. The second-order valence-corrected chi connectivity index (χ2v) is 6.17. The molecule has 0 bridgehead atoms. The first-order chi connectivity index (χ1) is 11.4. The minimum atomic E-state index is -0.230. The highest BCUT2D eigenvalue weighted by Crippen LogP contribution is 2.26. The van der Waals surface area contributed by atoms with Gasteiger partial charge < -0.3 is 10.6 Å². The Hall–Kier alpha value is -2.33. The molecule has 0 saturated heterocycles. The molecule has 0 fully saturated rings. The van der Waals surface area contributed by atoms with Gasteiger partial charge in [0.25, 0.3) is 5.91 Å². The maximum atomic E-state index is 12.5. The normalized spacial score (nSPS) is 10.3. The topological polar surface area (TPSA) is 58.2 Å². The standard InChI is InChI=1S/C19H21ClN2O2/c1-4-5-18(23)21-14-7-9-16(20)17(11-14)22-19(24)15-8-6-12(2)10-13(15)3/h6-11H,4-5H2,1-3H3,(H,21,23)(H,22,24). The number of carbonyl (C=O) groups excluding carboxylic acids is 2. The second-order valence-electron chi connectivity index (χ2n) is 5.77. The zero-order valence-corrected chi connectivity index (χ0v) is 14.8. The van der Waals surface area contributed by atoms with Crippen LogP contribution in [-0.4, -0.2) is 11.8 Å². The summed E-state index contributed by atoms with van der Waals surface area (Å²) in [5.41, 5.74) is 3.67. The SMILES string of the molecule is CCCC(=O)Nc1ccc(Cl)c(NC(=O)c2ccc(C)cc2C)c1. The highest BCUT2D eigenvalue weighted by atomic mass is 35.5. The highest BCUT2D eigenvalue weighted by Gasteiger charge is 2.12. The van der Waals surface area contributed by atoms with E-state index in [0.29, 0.717) is 28.4 Å². The average molecular weight is 345 g/mol. The third kappa shape index (κ3) is 4.59. The summed E-state index contributed by atoms with van der Waals surface area (Å²) < 4.78 is 0. The molecule has 0 heterocycles. The first-order valence-electron chi connectivity index (χ1n) is 7.88. The monoisotopic (exact) mass is 344 g/mol. The van der Waals surface area contributed by atoms with E-state index in [-0.39, 0.29) is 11.8 Å². The van der Waals surface area contributed by atoms with Crippen LogP contribution in [0.5, 0.6) is 0 Å². The number of anilines is 2. The third-order valence-electron chi connectivity index (χ3n) is 3.60. The Bertz CT molecular complexity index is 772. The van der Waals surface area contributed by atoms with E-state index >= 15 is 0 Å². The van der Waals surface area contributed by atoms with Gasteiger partial charge in [0.1, 0.15) is 0 Å². The Morgan fingerprint density at radius 2 is 1.79 bits per heavy atom. The molecule has 0 aliphatic rings. The number of hydrogen-bond donors (Lipinski definition) is 2. The molecule has 0 radical (unpaired) electrons. The van der Waals surface area contributed by atoms with Crippen molar-refractivity contribution in [2.75, 3.05) is 10.6 Å². The van der Waals surface area contributed by atoms with Gasteiger partial charge in [-0.2, -0.15) is 0 Å². The van der Waals surface area contributed by atoms with Crippen molar-refractivity contribution in [1.29, 1.82) is 0 Å². The lowest BCUT2D eigenvalue weighted by atomic mass is 10.1. The number of benzene rings is 2. The molecule has 2 rings (SSSR count). The third-order valence-corrected chi connectivity index (χ3v) is 3.93. The van der Waals surface area contributed by atoms with E-state index in [0.717, 1.165) is 17.5 Å². The lowest BCUT2D eigenvalue weighted by Gasteiger charge is -2.12. The van der Waals surface area contributed by atoms with Gasteiger partial charge in [0.2, 0.25) is 5.91 Å². The van der Waals surface area contributed by atoms with E-state index < -0.39 is 0 Å². The molecule has 2 amide bonds. The fourth-order valence-corrected chi connectivity index (χ4v) is 2.57. The molecule has 4 nitrogen and oxygen atoms in total. The van der Waals surface area contributed by atoms with Crippen molar-refractivity contribution in [2.45, 2.75) is 33.6 Å². The van der Waals surface area contributed by atoms with E-state index in [9.17, 15) is 9.59 Å². The number of aryl methyl sites for hydroxylation is 2. The zero-order valence-electron chi connectivity index (χ0n) is 14.1. The summed E-state index contributed by atoms with van der Waals surface area (Å²) in [6.07, 6.45) is 1.22. The van der Waals surface area contributed by atoms with Crippen LogP contribution >= 0.6 is 11.6 Å². The maximum absolute atomic E-state index is 12.5. The van der Waals surface area contributed by atoms with Crippen LogP contribution in [0.1, 0.15) is 41.3 Å². The van der Waals surface area contributed by atoms with Gasteiger partial charge in [0.05, 0.1) is 10.7 Å². The highest BCUT2D eigenvalue weighted by molar-refractivity contribution is 6.34. The lowest BCUT2D eigenvalue weighted by Crippen LogP contribution is -2.15. The van der Waals surface area contributed by atoms with Gasteiger partial charge in [0, 0.05) is 17.7 Å². The van der Waals surface area contributed by atoms with Crippen molar-refractivity contribution in [1.82, 2.24) is 0 Å². The summed E-state index contributed by atoms with van der Waals surface area (Å²) in [6, 6.07) is 10.7. The van der Waals surface area contributed by atoms with Crippen LogP contribution in [0.25, 0.3) is 0 Å². The summed E-state index contributed by atoms with van der Waals surface area (Å²) in [6.45, 7) is 5.82. The number of carbonyl (C=O) groups is 2. The van der Waals surface area contributed by atoms with Crippen molar-refractivity contribution in [2.24, 2.45) is 0 Å². The summed E-state index contributed by atoms with van der Waals surface area (Å²) >= 11 is 6.16. The van der Waals surface area contributed by atoms with Crippen molar-refractivity contribution in [3.05, 3.63) is 58.1 Å². The minimum absolute atomic E-state index is 0.0634. The molecule has 24 heavy (non-hydrogen) atoms. The van der Waals surface area contributed by atoms with Crippen LogP contribution in [0.15, 0.2) is 36.4 Å². The number of amides is 2. The largest absolute Gasteiger partial charge is 0.326 e. The number of halogens is 1. The number of hydrogen-bond acceptors (Lipinski definition) is 2. The molecule has 0 atom stereocenters. The van der Waals surface area contributed by atoms with E-state index in [1.165, 1.54) is 0 Å². The Morgan fingerprint density at radius 1 is 1.04 bits per heavy atom. The van der Waals surface area contributed by atoms with Gasteiger partial charge in [-0.1, -0.05) is 36.2 Å². The molecule has 2 aromatic rings. The Kier molecular flexibility index (Phi) is 5.99. The molecular weight excluding hydrogens is 324 g/mol. The van der Waals surface area contributed by atoms with Crippen molar-refractivity contribution in [3.63, 3.8) is 0 Å². The van der Waals surface area contributed by atoms with Crippen LogP contribution in [-0.2, 0) is 4.79 Å². The summed E-state index contributed by atoms with van der Waals surface area (Å²) in [4.78, 5) is 24.2. The quantitative estimate of drug-likeness (QED) is 0.806. The Labute approximate surface area is 147 Å². The van der Waals surface area contributed by atoms with E-state index in [4.69, 9.17) is 11.6 Å². The predicted octanol–water partition coefficient (Wildman–Crippen LogP) is 4.95. The summed E-state index contributed by atoms with van der Waals surface area (Å²) in [5.74, 6) is -0.294. The van der Waals surface area contributed by atoms with Gasteiger partial charge in [-0.3, -0.25) is 9.59 Å². The smallest absolute Gasteiger partial charge is 0.255 e. The first-order valence-corrected chi connectivity index (χ1v) is 8.26. The van der Waals surface area contributed by atoms with Crippen molar-refractivity contribution < 1.29 is 9.59 Å². The fraction of sp³-hybridized carbons (Fsp3) is 0.263. The molecule has 126 valence electrons. The molecule has 0 saturated carbocycles. The van der Waals surface area contributed by atoms with Gasteiger partial charge in [-0.05, 0) is 50.1 Å². The van der Waals surface area contributed by atoms with Crippen LogP contribution in [0, 0.1) is 13.8 Å². The Balaban J connectivity index is 2.19. The molecule has 5 heteroatoms. The molecular formula is C19H21ClN2O2. The molecule has 0 aliphatic carbocycles. The van der Waals surface area contributed by atoms with Crippen molar-refractivity contribution in [3.8, 4) is 0 Å². The second kappa shape index (κ2) is 7.97. The average Bonchev–Trinajstić information content (AvgIpc) is 2.50. The van der Waals surface area contributed by atoms with Crippen LogP contribution in [0.2, 0.25) is 5.02 Å². The van der Waals surface area contributed by atoms with Crippen molar-refractivity contribution >= 4 is 34.8 Å². The fourth-order valence-electron chi connectivity index (χ4n) is 2.41. The van der Waals surface area contributed by atoms with Crippen LogP contribution in [0.4, 0.5) is 11.4 Å². The first kappa shape index (κ1) is 18.0. The van der Waals surface area contributed by atoms with Gasteiger partial charge in [-0.15, -0.1) is 0 Å². The lowest BCUT2D eigenvalue weighted by molar-refractivity contribution is -0.116. The van der Waals surface area contributed by atoms with Gasteiger partial charge in [0.15, 0.2) is 0 Å². The molecule has 0 unspecified atom stereocenters. The van der Waals surface area contributed by atoms with E-state index in [1.807, 2.05) is 32.9 Å². The van der Waals surface area contributed by atoms with E-state index in [1.54, 1.807) is 24.3 Å². The number of rotatable bonds is 5. The summed E-state index contributed by atoms with van der Waals surface area (Å²) in [7, 11) is 0. The van der Waals surface area contributed by atoms with Gasteiger partial charge in [-0.25, -0.2) is 0 Å². The molecule has 0 spiro atoms. The Morgan fingerprint density at radius 3 is 2.46 bits per heavy atom. The molecule has 2 aromatic carbocycles. The predicted molar refractivity (Wildman–Crippen MR) is 98.9 cm³/mol. The van der Waals surface area contributed by atoms with Crippen LogP contribution < -0.4 is 10.6 Å². The molecule has 0 aromatic heterocycles. The zero-order chi connectivity index (χ0) is 17.7. The molecule has 2 N–H and O–H groups in total. The molecule has 0 aliphatic heterocycles. The number of nitrogens with one attached hydrogen (secondary N) is 2. The van der Waals surface area contributed by atoms with Crippen LogP contribution in [0.3, 0.4) is 0 Å². The maximum Gasteiger partial charge on any atom is 0.255 e. The summed E-state index contributed by atoms with van der Waals surface area (Å²) in [5, 5.41) is 6.02.